The zero-order chi connectivity index (χ0) is 30.5. The highest BCUT2D eigenvalue weighted by Gasteiger charge is 2.33. The smallest absolute Gasteiger partial charge is 0.264 e. The Kier molecular flexibility index (Phi) is 10.3. The minimum atomic E-state index is -4.20. The van der Waals surface area contributed by atoms with Crippen LogP contribution in [-0.4, -0.2) is 50.4 Å². The molecule has 0 saturated carbocycles. The third kappa shape index (κ3) is 8.38. The predicted octanol–water partition coefficient (Wildman–Crippen LogP) is 5.84. The molecule has 0 aliphatic heterocycles. The Balaban J connectivity index is 2.05. The number of aryl methyl sites for hydroxylation is 1. The normalized spacial score (nSPS) is 12.4. The van der Waals surface area contributed by atoms with Gasteiger partial charge in [0.2, 0.25) is 11.8 Å². The van der Waals surface area contributed by atoms with E-state index in [4.69, 9.17) is 27.9 Å². The van der Waals surface area contributed by atoms with E-state index in [1.807, 2.05) is 27.7 Å². The van der Waals surface area contributed by atoms with Gasteiger partial charge < -0.3 is 15.0 Å². The number of ether oxygens (including phenoxy) is 1. The molecule has 11 heteroatoms. The van der Waals surface area contributed by atoms with Crippen molar-refractivity contribution in [2.24, 2.45) is 0 Å². The van der Waals surface area contributed by atoms with Crippen LogP contribution in [0.3, 0.4) is 0 Å². The van der Waals surface area contributed by atoms with E-state index in [1.165, 1.54) is 36.3 Å². The summed E-state index contributed by atoms with van der Waals surface area (Å²) in [6, 6.07) is 16.6. The molecule has 0 aromatic heterocycles. The maximum Gasteiger partial charge on any atom is 0.264 e. The monoisotopic (exact) mass is 619 g/mol. The average molecular weight is 621 g/mol. The number of benzene rings is 3. The number of nitrogens with zero attached hydrogens (tertiary/aromatic N) is 2. The third-order valence-corrected chi connectivity index (χ3v) is 8.64. The van der Waals surface area contributed by atoms with Gasteiger partial charge in [-0.3, -0.25) is 13.9 Å². The summed E-state index contributed by atoms with van der Waals surface area (Å²) in [5.41, 5.74) is 1.23. The fourth-order valence-electron chi connectivity index (χ4n) is 4.00. The van der Waals surface area contributed by atoms with Crippen molar-refractivity contribution in [3.05, 3.63) is 87.9 Å². The van der Waals surface area contributed by atoms with Gasteiger partial charge in [-0.25, -0.2) is 8.42 Å². The number of halogens is 2. The molecule has 220 valence electrons. The van der Waals surface area contributed by atoms with Gasteiger partial charge in [0.15, 0.2) is 0 Å². The molecule has 0 aliphatic rings. The van der Waals surface area contributed by atoms with Crippen LogP contribution in [0.15, 0.2) is 71.6 Å². The molecule has 1 unspecified atom stereocenters. The number of methoxy groups -OCH3 is 1. The molecular formula is C30H35Cl2N3O5S. The predicted molar refractivity (Wildman–Crippen MR) is 163 cm³/mol. The molecule has 3 aromatic carbocycles. The molecule has 0 radical (unpaired) electrons. The molecule has 0 bridgehead atoms. The van der Waals surface area contributed by atoms with E-state index in [2.05, 4.69) is 5.32 Å². The van der Waals surface area contributed by atoms with Crippen molar-refractivity contribution in [3.8, 4) is 5.75 Å². The Bertz CT molecular complexity index is 1490. The molecule has 8 nitrogen and oxygen atoms in total. The number of hydrogen-bond acceptors (Lipinski definition) is 5. The van der Waals surface area contributed by atoms with E-state index in [9.17, 15) is 18.0 Å². The van der Waals surface area contributed by atoms with Crippen LogP contribution in [0.25, 0.3) is 0 Å². The van der Waals surface area contributed by atoms with Crippen LogP contribution in [-0.2, 0) is 26.2 Å². The van der Waals surface area contributed by atoms with Crippen molar-refractivity contribution >= 4 is 50.7 Å². The standard InChI is InChI=1S/C30H35Cl2N3O5S/c1-20-7-11-24(12-8-20)35(41(38,39)26-15-13-25(40-6)14-16-26)19-28(36)34(21(2)29(37)33-30(3,4)5)18-22-9-10-23(31)17-27(22)32/h7-17,21H,18-19H2,1-6H3,(H,33,37). The Morgan fingerprint density at radius 1 is 0.976 bits per heavy atom. The van der Waals surface area contributed by atoms with Crippen molar-refractivity contribution in [2.75, 3.05) is 18.0 Å². The molecule has 0 heterocycles. The molecule has 0 saturated heterocycles. The van der Waals surface area contributed by atoms with Crippen molar-refractivity contribution in [1.29, 1.82) is 0 Å². The van der Waals surface area contributed by atoms with Crippen molar-refractivity contribution in [1.82, 2.24) is 10.2 Å². The number of sulfonamides is 1. The number of carbonyl (C=O) groups is 2. The Morgan fingerprint density at radius 3 is 2.12 bits per heavy atom. The Hall–Kier alpha value is -3.27. The maximum absolute atomic E-state index is 14.0. The molecule has 1 N–H and O–H groups in total. The van der Waals surface area contributed by atoms with Gasteiger partial charge >= 0.3 is 0 Å². The summed E-state index contributed by atoms with van der Waals surface area (Å²) in [7, 11) is -2.71. The van der Waals surface area contributed by atoms with E-state index in [1.54, 1.807) is 49.4 Å². The van der Waals surface area contributed by atoms with E-state index in [-0.39, 0.29) is 11.4 Å². The summed E-state index contributed by atoms with van der Waals surface area (Å²) >= 11 is 12.5. The number of amides is 2. The van der Waals surface area contributed by atoms with Crippen molar-refractivity contribution in [3.63, 3.8) is 0 Å². The van der Waals surface area contributed by atoms with Gasteiger partial charge in [-0.05, 0) is 88.7 Å². The lowest BCUT2D eigenvalue weighted by atomic mass is 10.1. The average Bonchev–Trinajstić information content (AvgIpc) is 2.90. The second kappa shape index (κ2) is 13.1. The maximum atomic E-state index is 14.0. The lowest BCUT2D eigenvalue weighted by Gasteiger charge is -2.33. The first-order valence-corrected chi connectivity index (χ1v) is 15.1. The number of hydrogen-bond donors (Lipinski definition) is 1. The molecule has 41 heavy (non-hydrogen) atoms. The van der Waals surface area contributed by atoms with Crippen LogP contribution in [0.5, 0.6) is 5.75 Å². The van der Waals surface area contributed by atoms with Crippen molar-refractivity contribution in [2.45, 2.75) is 57.6 Å². The summed E-state index contributed by atoms with van der Waals surface area (Å²) in [5.74, 6) is -0.493. The minimum Gasteiger partial charge on any atom is -0.497 e. The number of rotatable bonds is 10. The van der Waals surface area contributed by atoms with Gasteiger partial charge in [-0.15, -0.1) is 0 Å². The Morgan fingerprint density at radius 2 is 1.59 bits per heavy atom. The van der Waals surface area contributed by atoms with Crippen LogP contribution in [0.4, 0.5) is 5.69 Å². The Labute approximate surface area is 252 Å². The quantitative estimate of drug-likeness (QED) is 0.308. The fourth-order valence-corrected chi connectivity index (χ4v) is 5.89. The van der Waals surface area contributed by atoms with Gasteiger partial charge in [-0.1, -0.05) is 47.0 Å². The van der Waals surface area contributed by atoms with Crippen LogP contribution in [0.1, 0.15) is 38.8 Å². The van der Waals surface area contributed by atoms with Gasteiger partial charge in [0, 0.05) is 22.1 Å². The van der Waals surface area contributed by atoms with Gasteiger partial charge in [0.1, 0.15) is 18.3 Å². The lowest BCUT2D eigenvalue weighted by Crippen LogP contribution is -2.54. The first-order chi connectivity index (χ1) is 19.1. The van der Waals surface area contributed by atoms with Gasteiger partial charge in [0.05, 0.1) is 17.7 Å². The number of nitrogens with one attached hydrogen (secondary N) is 1. The van der Waals surface area contributed by atoms with E-state index >= 15 is 0 Å². The molecule has 0 aliphatic carbocycles. The highest BCUT2D eigenvalue weighted by atomic mass is 35.5. The van der Waals surface area contributed by atoms with E-state index < -0.39 is 40.0 Å². The summed E-state index contributed by atoms with van der Waals surface area (Å²) in [6.45, 7) is 8.37. The summed E-state index contributed by atoms with van der Waals surface area (Å²) in [6.07, 6.45) is 0. The first kappa shape index (κ1) is 32.2. The summed E-state index contributed by atoms with van der Waals surface area (Å²) < 4.78 is 34.0. The molecule has 3 rings (SSSR count). The summed E-state index contributed by atoms with van der Waals surface area (Å²) in [5, 5.41) is 3.63. The van der Waals surface area contributed by atoms with Crippen molar-refractivity contribution < 1.29 is 22.7 Å². The van der Waals surface area contributed by atoms with Crippen LogP contribution >= 0.6 is 23.2 Å². The highest BCUT2D eigenvalue weighted by molar-refractivity contribution is 7.92. The first-order valence-electron chi connectivity index (χ1n) is 12.9. The molecular weight excluding hydrogens is 585 g/mol. The molecule has 0 fully saturated rings. The van der Waals surface area contributed by atoms with Gasteiger partial charge in [-0.2, -0.15) is 0 Å². The second-order valence-corrected chi connectivity index (χ2v) is 13.4. The van der Waals surface area contributed by atoms with Crippen LogP contribution < -0.4 is 14.4 Å². The topological polar surface area (TPSA) is 96.0 Å². The molecule has 2 amide bonds. The largest absolute Gasteiger partial charge is 0.497 e. The number of carbonyl (C=O) groups excluding carboxylic acids is 2. The second-order valence-electron chi connectivity index (χ2n) is 10.7. The molecule has 1 atom stereocenters. The lowest BCUT2D eigenvalue weighted by molar-refractivity contribution is -0.140. The summed E-state index contributed by atoms with van der Waals surface area (Å²) in [4.78, 5) is 28.5. The minimum absolute atomic E-state index is 0.0162. The van der Waals surface area contributed by atoms with E-state index in [0.29, 0.717) is 27.0 Å². The SMILES string of the molecule is COc1ccc(S(=O)(=O)N(CC(=O)N(Cc2ccc(Cl)cc2Cl)C(C)C(=O)NC(C)(C)C)c2ccc(C)cc2)cc1. The molecule has 0 spiro atoms. The number of anilines is 1. The highest BCUT2D eigenvalue weighted by Crippen LogP contribution is 2.27. The third-order valence-electron chi connectivity index (χ3n) is 6.27. The van der Waals surface area contributed by atoms with Crippen LogP contribution in [0.2, 0.25) is 10.0 Å². The van der Waals surface area contributed by atoms with E-state index in [0.717, 1.165) is 9.87 Å². The van der Waals surface area contributed by atoms with Crippen LogP contribution in [0, 0.1) is 6.92 Å². The fraction of sp³-hybridized carbons (Fsp3) is 0.333. The zero-order valence-electron chi connectivity index (χ0n) is 23.9. The molecule has 3 aromatic rings. The van der Waals surface area contributed by atoms with Gasteiger partial charge in [0.25, 0.3) is 10.0 Å². The zero-order valence-corrected chi connectivity index (χ0v) is 26.3.